The second-order valence-electron chi connectivity index (χ2n) is 8.70. The lowest BCUT2D eigenvalue weighted by Gasteiger charge is -2.26. The Labute approximate surface area is 198 Å². The summed E-state index contributed by atoms with van der Waals surface area (Å²) in [5.74, 6) is -0.365. The molecule has 2 amide bonds. The van der Waals surface area contributed by atoms with Crippen LogP contribution in [0.3, 0.4) is 0 Å². The van der Waals surface area contributed by atoms with E-state index < -0.39 is 0 Å². The van der Waals surface area contributed by atoms with E-state index >= 15 is 0 Å². The zero-order chi connectivity index (χ0) is 23.5. The van der Waals surface area contributed by atoms with Crippen molar-refractivity contribution in [2.45, 2.75) is 45.2 Å². The van der Waals surface area contributed by atoms with Crippen molar-refractivity contribution < 1.29 is 9.59 Å². The summed E-state index contributed by atoms with van der Waals surface area (Å²) >= 11 is 0. The summed E-state index contributed by atoms with van der Waals surface area (Å²) in [6, 6.07) is 17.6. The number of amides is 2. The molecule has 0 fully saturated rings. The fraction of sp³-hybridized carbons (Fsp3) is 0.259. The summed E-state index contributed by atoms with van der Waals surface area (Å²) in [4.78, 5) is 34.1. The zero-order valence-corrected chi connectivity index (χ0v) is 19.1. The molecule has 5 rings (SSSR count). The molecule has 0 saturated heterocycles. The fourth-order valence-electron chi connectivity index (χ4n) is 4.72. The highest BCUT2D eigenvalue weighted by molar-refractivity contribution is 6.05. The number of anilines is 1. The average Bonchev–Trinajstić information content (AvgIpc) is 3.26. The Bertz CT molecular complexity index is 1350. The Kier molecular flexibility index (Phi) is 6.08. The molecule has 0 unspecified atom stereocenters. The van der Waals surface area contributed by atoms with Crippen molar-refractivity contribution in [1.29, 1.82) is 0 Å². The van der Waals surface area contributed by atoms with E-state index in [1.165, 1.54) is 18.1 Å². The first-order valence-electron chi connectivity index (χ1n) is 11.6. The van der Waals surface area contributed by atoms with Crippen LogP contribution in [0, 0.1) is 0 Å². The number of fused-ring (bicyclic) bond motifs is 2. The number of benzene rings is 2. The van der Waals surface area contributed by atoms with E-state index in [0.717, 1.165) is 36.9 Å². The minimum Gasteiger partial charge on any atom is -0.345 e. The zero-order valence-electron chi connectivity index (χ0n) is 19.1. The summed E-state index contributed by atoms with van der Waals surface area (Å²) in [5.41, 5.74) is 5.98. The molecule has 7 heteroatoms. The third kappa shape index (κ3) is 4.55. The maximum atomic E-state index is 13.3. The van der Waals surface area contributed by atoms with E-state index in [1.54, 1.807) is 24.7 Å². The molecule has 4 aromatic rings. The Morgan fingerprint density at radius 1 is 1.09 bits per heavy atom. The van der Waals surface area contributed by atoms with Crippen LogP contribution in [0.4, 0.5) is 5.69 Å². The van der Waals surface area contributed by atoms with Gasteiger partial charge in [-0.15, -0.1) is 0 Å². The lowest BCUT2D eigenvalue weighted by Crippen LogP contribution is -2.31. The summed E-state index contributed by atoms with van der Waals surface area (Å²) < 4.78 is 1.99. The predicted molar refractivity (Wildman–Crippen MR) is 132 cm³/mol. The van der Waals surface area contributed by atoms with Gasteiger partial charge in [0.1, 0.15) is 0 Å². The largest absolute Gasteiger partial charge is 0.345 e. The van der Waals surface area contributed by atoms with Gasteiger partial charge in [0, 0.05) is 37.3 Å². The van der Waals surface area contributed by atoms with E-state index in [4.69, 9.17) is 0 Å². The van der Waals surface area contributed by atoms with Gasteiger partial charge in [-0.3, -0.25) is 14.6 Å². The van der Waals surface area contributed by atoms with Crippen LogP contribution in [0.25, 0.3) is 11.0 Å². The lowest BCUT2D eigenvalue weighted by molar-refractivity contribution is -0.114. The number of imidazole rings is 1. The molecule has 7 nitrogen and oxygen atoms in total. The number of nitrogens with zero attached hydrogens (tertiary/aromatic N) is 3. The average molecular weight is 454 g/mol. The first-order valence-corrected chi connectivity index (χ1v) is 11.6. The van der Waals surface area contributed by atoms with Gasteiger partial charge >= 0.3 is 0 Å². The minimum atomic E-state index is -0.197. The number of aromatic nitrogens is 3. The number of rotatable bonds is 6. The number of aryl methyl sites for hydroxylation is 3. The van der Waals surface area contributed by atoms with Crippen molar-refractivity contribution in [1.82, 2.24) is 19.9 Å². The van der Waals surface area contributed by atoms with E-state index in [2.05, 4.69) is 32.7 Å². The first-order chi connectivity index (χ1) is 16.6. The minimum absolute atomic E-state index is 0.0201. The molecule has 0 saturated carbocycles. The molecular weight excluding hydrogens is 426 g/mol. The molecule has 1 aliphatic rings. The monoisotopic (exact) mass is 453 g/mol. The van der Waals surface area contributed by atoms with Crippen LogP contribution < -0.4 is 10.6 Å². The number of pyridine rings is 1. The molecule has 1 atom stereocenters. The highest BCUT2D eigenvalue weighted by Gasteiger charge is 2.23. The summed E-state index contributed by atoms with van der Waals surface area (Å²) in [7, 11) is 0. The Morgan fingerprint density at radius 2 is 1.94 bits per heavy atom. The van der Waals surface area contributed by atoms with Crippen LogP contribution in [-0.4, -0.2) is 26.3 Å². The third-order valence-electron chi connectivity index (χ3n) is 6.30. The van der Waals surface area contributed by atoms with Gasteiger partial charge in [0.15, 0.2) is 0 Å². The van der Waals surface area contributed by atoms with Crippen LogP contribution >= 0.6 is 0 Å². The topological polar surface area (TPSA) is 88.9 Å². The van der Waals surface area contributed by atoms with Gasteiger partial charge in [-0.05, 0) is 54.7 Å². The molecule has 2 aromatic carbocycles. The quantitative estimate of drug-likeness (QED) is 0.452. The van der Waals surface area contributed by atoms with Crippen molar-refractivity contribution in [3.8, 4) is 0 Å². The molecule has 2 N–H and O–H groups in total. The van der Waals surface area contributed by atoms with E-state index in [-0.39, 0.29) is 17.9 Å². The van der Waals surface area contributed by atoms with Crippen molar-refractivity contribution in [2.75, 3.05) is 5.32 Å². The molecule has 172 valence electrons. The third-order valence-corrected chi connectivity index (χ3v) is 6.30. The van der Waals surface area contributed by atoms with Gasteiger partial charge in [0.25, 0.3) is 5.91 Å². The Balaban J connectivity index is 1.43. The van der Waals surface area contributed by atoms with Gasteiger partial charge < -0.3 is 15.2 Å². The van der Waals surface area contributed by atoms with Gasteiger partial charge in [0.2, 0.25) is 5.91 Å². The number of hydrogen-bond donors (Lipinski definition) is 2. The van der Waals surface area contributed by atoms with Crippen LogP contribution in [0.5, 0.6) is 0 Å². The van der Waals surface area contributed by atoms with Gasteiger partial charge in [-0.1, -0.05) is 30.3 Å². The number of carbonyl (C=O) groups excluding carboxylic acids is 2. The molecule has 2 aromatic heterocycles. The maximum Gasteiger partial charge on any atom is 0.251 e. The Morgan fingerprint density at radius 3 is 2.76 bits per heavy atom. The van der Waals surface area contributed by atoms with Crippen LogP contribution in [0.2, 0.25) is 0 Å². The summed E-state index contributed by atoms with van der Waals surface area (Å²) in [6.45, 7) is 2.12. The molecule has 0 aliphatic heterocycles. The van der Waals surface area contributed by atoms with Crippen molar-refractivity contribution >= 4 is 28.5 Å². The van der Waals surface area contributed by atoms with Crippen LogP contribution in [0.15, 0.2) is 67.1 Å². The van der Waals surface area contributed by atoms with Crippen molar-refractivity contribution in [3.63, 3.8) is 0 Å². The van der Waals surface area contributed by atoms with E-state index in [0.29, 0.717) is 23.3 Å². The summed E-state index contributed by atoms with van der Waals surface area (Å²) in [5, 5.41) is 6.09. The maximum absolute atomic E-state index is 13.3. The number of nitrogens with one attached hydrogen (secondary N) is 2. The first kappa shape index (κ1) is 21.8. The second kappa shape index (κ2) is 9.47. The highest BCUT2D eigenvalue weighted by atomic mass is 16.2. The molecule has 0 radical (unpaired) electrons. The van der Waals surface area contributed by atoms with E-state index in [1.807, 2.05) is 34.9 Å². The van der Waals surface area contributed by atoms with Gasteiger partial charge in [0.05, 0.1) is 29.1 Å². The standard InChI is InChI=1S/C27H27N5O2/c1-18(33)30-25-16-20(27(34)31-23-11-6-8-19-7-2-3-10-22(19)23)15-24-26(25)32(17-29-24)14-12-21-9-4-5-13-28-21/h2-5,7,9-10,13,15-17,23H,6,8,11-12,14H2,1H3,(H,30,33)(H,31,34)/t23-/m1/s1. The van der Waals surface area contributed by atoms with Crippen molar-refractivity contribution in [2.24, 2.45) is 0 Å². The second-order valence-corrected chi connectivity index (χ2v) is 8.70. The highest BCUT2D eigenvalue weighted by Crippen LogP contribution is 2.31. The molecular formula is C27H27N5O2. The van der Waals surface area contributed by atoms with Crippen molar-refractivity contribution in [3.05, 3.63) is 89.5 Å². The molecule has 34 heavy (non-hydrogen) atoms. The lowest BCUT2D eigenvalue weighted by atomic mass is 9.87. The van der Waals surface area contributed by atoms with E-state index in [9.17, 15) is 9.59 Å². The van der Waals surface area contributed by atoms with Crippen LogP contribution in [-0.2, 0) is 24.2 Å². The molecule has 2 heterocycles. The number of hydrogen-bond acceptors (Lipinski definition) is 4. The van der Waals surface area contributed by atoms with Gasteiger partial charge in [-0.2, -0.15) is 0 Å². The fourth-order valence-corrected chi connectivity index (χ4v) is 4.72. The normalized spacial score (nSPS) is 15.0. The number of carbonyl (C=O) groups is 2. The summed E-state index contributed by atoms with van der Waals surface area (Å²) in [6.07, 6.45) is 7.24. The molecule has 1 aliphatic carbocycles. The predicted octanol–water partition coefficient (Wildman–Crippen LogP) is 4.44. The molecule has 0 spiro atoms. The Hall–Kier alpha value is -4.00. The smallest absolute Gasteiger partial charge is 0.251 e. The van der Waals surface area contributed by atoms with Gasteiger partial charge in [-0.25, -0.2) is 4.98 Å². The molecule has 0 bridgehead atoms. The van der Waals surface area contributed by atoms with Crippen LogP contribution in [0.1, 0.15) is 53.0 Å². The SMILES string of the molecule is CC(=O)Nc1cc(C(=O)N[C@@H]2CCCc3ccccc32)cc2ncn(CCc3ccccn3)c12.